The number of esters is 1. The van der Waals surface area contributed by atoms with E-state index in [1.165, 1.54) is 11.3 Å². The van der Waals surface area contributed by atoms with Gasteiger partial charge in [0, 0.05) is 17.0 Å². The molecule has 9 heteroatoms. The predicted octanol–water partition coefficient (Wildman–Crippen LogP) is 2.85. The Labute approximate surface area is 184 Å². The van der Waals surface area contributed by atoms with Gasteiger partial charge in [-0.05, 0) is 49.8 Å². The highest BCUT2D eigenvalue weighted by atomic mass is 32.1. The molecule has 0 radical (unpaired) electrons. The van der Waals surface area contributed by atoms with Gasteiger partial charge in [0.2, 0.25) is 5.91 Å². The molecular weight excluding hydrogens is 418 g/mol. The highest BCUT2D eigenvalue weighted by Gasteiger charge is 2.26. The lowest BCUT2D eigenvalue weighted by molar-refractivity contribution is -0.147. The number of hydrogen-bond donors (Lipinski definition) is 3. The molecule has 0 unspecified atom stereocenters. The first-order valence-electron chi connectivity index (χ1n) is 10.0. The third kappa shape index (κ3) is 5.49. The first kappa shape index (κ1) is 22.5. The quantitative estimate of drug-likeness (QED) is 0.541. The molecule has 0 bridgehead atoms. The lowest BCUT2D eigenvalue weighted by Crippen LogP contribution is -2.22. The average molecular weight is 444 g/mol. The zero-order chi connectivity index (χ0) is 22.5. The summed E-state index contributed by atoms with van der Waals surface area (Å²) in [6.45, 7) is 3.32. The lowest BCUT2D eigenvalue weighted by atomic mass is 10.1. The van der Waals surface area contributed by atoms with Gasteiger partial charge in [-0.3, -0.25) is 19.2 Å². The van der Waals surface area contributed by atoms with E-state index in [9.17, 15) is 19.2 Å². The van der Waals surface area contributed by atoms with Crippen molar-refractivity contribution in [1.29, 1.82) is 0 Å². The second-order valence-corrected chi connectivity index (χ2v) is 8.55. The van der Waals surface area contributed by atoms with E-state index < -0.39 is 30.3 Å². The number of primary amides is 1. The van der Waals surface area contributed by atoms with E-state index in [4.69, 9.17) is 10.5 Å². The van der Waals surface area contributed by atoms with E-state index in [1.54, 1.807) is 0 Å². The third-order valence-electron chi connectivity index (χ3n) is 5.09. The largest absolute Gasteiger partial charge is 0.456 e. The van der Waals surface area contributed by atoms with Crippen LogP contribution in [-0.4, -0.2) is 30.3 Å². The summed E-state index contributed by atoms with van der Waals surface area (Å²) in [6, 6.07) is 5.64. The van der Waals surface area contributed by atoms with E-state index in [1.807, 2.05) is 32.0 Å². The molecule has 31 heavy (non-hydrogen) atoms. The van der Waals surface area contributed by atoms with Crippen LogP contribution < -0.4 is 16.4 Å². The Morgan fingerprint density at radius 3 is 2.42 bits per heavy atom. The fourth-order valence-corrected chi connectivity index (χ4v) is 4.87. The molecule has 4 N–H and O–H groups in total. The summed E-state index contributed by atoms with van der Waals surface area (Å²) in [7, 11) is 0. The number of thiophene rings is 1. The SMILES string of the molecule is Cc1cccc(C)c1NC(=O)COC(=O)CCC(=O)Nc1sc2c(c1C(N)=O)CCC2. The Kier molecular flexibility index (Phi) is 7.06. The van der Waals surface area contributed by atoms with Gasteiger partial charge in [-0.2, -0.15) is 0 Å². The lowest BCUT2D eigenvalue weighted by Gasteiger charge is -2.11. The number of hydrogen-bond acceptors (Lipinski definition) is 6. The van der Waals surface area contributed by atoms with Crippen LogP contribution in [0, 0.1) is 13.8 Å². The minimum absolute atomic E-state index is 0.127. The number of ether oxygens (including phenoxy) is 1. The summed E-state index contributed by atoms with van der Waals surface area (Å²) in [5, 5.41) is 5.84. The second-order valence-electron chi connectivity index (χ2n) is 7.45. The van der Waals surface area contributed by atoms with Gasteiger partial charge in [0.25, 0.3) is 11.8 Å². The summed E-state index contributed by atoms with van der Waals surface area (Å²) in [5.41, 5.74) is 9.27. The van der Waals surface area contributed by atoms with Crippen LogP contribution in [0.25, 0.3) is 0 Å². The number of carbonyl (C=O) groups excluding carboxylic acids is 4. The third-order valence-corrected chi connectivity index (χ3v) is 6.29. The second kappa shape index (κ2) is 9.74. The summed E-state index contributed by atoms with van der Waals surface area (Å²) >= 11 is 1.35. The van der Waals surface area contributed by atoms with Gasteiger partial charge in [0.05, 0.1) is 12.0 Å². The van der Waals surface area contributed by atoms with Crippen molar-refractivity contribution in [2.75, 3.05) is 17.2 Å². The predicted molar refractivity (Wildman–Crippen MR) is 118 cm³/mol. The first-order valence-corrected chi connectivity index (χ1v) is 10.8. The zero-order valence-corrected chi connectivity index (χ0v) is 18.3. The van der Waals surface area contributed by atoms with Gasteiger partial charge in [-0.15, -0.1) is 11.3 Å². The Balaban J connectivity index is 1.45. The fourth-order valence-electron chi connectivity index (χ4n) is 3.56. The first-order chi connectivity index (χ1) is 14.8. The molecular formula is C22H25N3O5S. The van der Waals surface area contributed by atoms with Crippen LogP contribution >= 0.6 is 11.3 Å². The number of aryl methyl sites for hydroxylation is 3. The van der Waals surface area contributed by atoms with Crippen LogP contribution in [-0.2, 0) is 32.0 Å². The molecule has 0 atom stereocenters. The summed E-state index contributed by atoms with van der Waals surface area (Å²) in [5.74, 6) is -2.09. The highest BCUT2D eigenvalue weighted by molar-refractivity contribution is 7.17. The van der Waals surface area contributed by atoms with Gasteiger partial charge in [-0.25, -0.2) is 0 Å². The molecule has 0 spiro atoms. The minimum Gasteiger partial charge on any atom is -0.456 e. The number of benzene rings is 1. The van der Waals surface area contributed by atoms with E-state index >= 15 is 0 Å². The van der Waals surface area contributed by atoms with Crippen LogP contribution in [0.2, 0.25) is 0 Å². The van der Waals surface area contributed by atoms with Crippen molar-refractivity contribution in [2.24, 2.45) is 5.73 Å². The number of fused-ring (bicyclic) bond motifs is 1. The van der Waals surface area contributed by atoms with Gasteiger partial charge < -0.3 is 21.1 Å². The number of amides is 3. The maximum Gasteiger partial charge on any atom is 0.306 e. The summed E-state index contributed by atoms with van der Waals surface area (Å²) < 4.78 is 4.97. The van der Waals surface area contributed by atoms with Gasteiger partial charge in [-0.1, -0.05) is 18.2 Å². The van der Waals surface area contributed by atoms with E-state index in [-0.39, 0.29) is 12.8 Å². The molecule has 1 aliphatic rings. The molecule has 3 rings (SSSR count). The number of nitrogens with two attached hydrogens (primary N) is 1. The fraction of sp³-hybridized carbons (Fsp3) is 0.364. The van der Waals surface area contributed by atoms with Crippen LogP contribution in [0.15, 0.2) is 18.2 Å². The van der Waals surface area contributed by atoms with Crippen LogP contribution in [0.1, 0.15) is 51.2 Å². The number of para-hydroxylation sites is 1. The molecule has 3 amide bonds. The van der Waals surface area contributed by atoms with Crippen molar-refractivity contribution in [1.82, 2.24) is 0 Å². The Morgan fingerprint density at radius 1 is 1.03 bits per heavy atom. The van der Waals surface area contributed by atoms with Crippen molar-refractivity contribution < 1.29 is 23.9 Å². The molecule has 0 saturated carbocycles. The number of rotatable bonds is 8. The molecule has 1 aliphatic carbocycles. The van der Waals surface area contributed by atoms with Gasteiger partial charge >= 0.3 is 5.97 Å². The molecule has 2 aromatic rings. The molecule has 8 nitrogen and oxygen atoms in total. The topological polar surface area (TPSA) is 128 Å². The zero-order valence-electron chi connectivity index (χ0n) is 17.5. The van der Waals surface area contributed by atoms with Crippen LogP contribution in [0.4, 0.5) is 10.7 Å². The standard InChI is InChI=1S/C22H25N3O5S/c1-12-5-3-6-13(2)20(12)24-17(27)11-30-18(28)10-9-16(26)25-22-19(21(23)29)14-7-4-8-15(14)31-22/h3,5-6H,4,7-11H2,1-2H3,(H2,23,29)(H,24,27)(H,25,26). The molecule has 0 aliphatic heterocycles. The van der Waals surface area contributed by atoms with Crippen molar-refractivity contribution >= 4 is 45.7 Å². The van der Waals surface area contributed by atoms with Crippen LogP contribution in [0.3, 0.4) is 0 Å². The number of carbonyl (C=O) groups is 4. The molecule has 0 fully saturated rings. The van der Waals surface area contributed by atoms with Crippen molar-refractivity contribution in [3.8, 4) is 0 Å². The Morgan fingerprint density at radius 2 is 1.74 bits per heavy atom. The molecule has 164 valence electrons. The Bertz CT molecular complexity index is 1020. The van der Waals surface area contributed by atoms with E-state index in [0.29, 0.717) is 16.3 Å². The maximum absolute atomic E-state index is 12.2. The summed E-state index contributed by atoms with van der Waals surface area (Å²) in [6.07, 6.45) is 2.30. The smallest absolute Gasteiger partial charge is 0.306 e. The van der Waals surface area contributed by atoms with Crippen molar-refractivity contribution in [3.05, 3.63) is 45.3 Å². The van der Waals surface area contributed by atoms with E-state index in [0.717, 1.165) is 40.8 Å². The normalized spacial score (nSPS) is 12.2. The highest BCUT2D eigenvalue weighted by Crippen LogP contribution is 2.38. The van der Waals surface area contributed by atoms with Gasteiger partial charge in [0.15, 0.2) is 6.61 Å². The minimum atomic E-state index is -0.657. The molecule has 1 aromatic carbocycles. The maximum atomic E-state index is 12.2. The Hall–Kier alpha value is -3.20. The summed E-state index contributed by atoms with van der Waals surface area (Å²) in [4.78, 5) is 49.1. The molecule has 1 heterocycles. The van der Waals surface area contributed by atoms with Crippen LogP contribution in [0.5, 0.6) is 0 Å². The van der Waals surface area contributed by atoms with Gasteiger partial charge in [0.1, 0.15) is 5.00 Å². The number of anilines is 2. The molecule has 0 saturated heterocycles. The van der Waals surface area contributed by atoms with Crippen molar-refractivity contribution in [2.45, 2.75) is 46.0 Å². The molecule has 1 aromatic heterocycles. The monoisotopic (exact) mass is 443 g/mol. The van der Waals surface area contributed by atoms with Crippen molar-refractivity contribution in [3.63, 3.8) is 0 Å². The number of nitrogens with one attached hydrogen (secondary N) is 2. The van der Waals surface area contributed by atoms with E-state index in [2.05, 4.69) is 10.6 Å². The average Bonchev–Trinajstić information content (AvgIpc) is 3.28.